The van der Waals surface area contributed by atoms with Crippen molar-refractivity contribution in [3.8, 4) is 0 Å². The summed E-state index contributed by atoms with van der Waals surface area (Å²) in [7, 11) is 0. The number of aromatic nitrogens is 1. The van der Waals surface area contributed by atoms with Crippen molar-refractivity contribution in [2.45, 2.75) is 0 Å². The Labute approximate surface area is 70.5 Å². The number of rotatable bonds is 2. The van der Waals surface area contributed by atoms with E-state index in [1.165, 1.54) is 17.6 Å². The Balaban J connectivity index is 2.98. The van der Waals surface area contributed by atoms with E-state index in [0.29, 0.717) is 5.69 Å². The minimum absolute atomic E-state index is 0.703. The number of thiazole rings is 1. The first-order chi connectivity index (χ1) is 4.38. The Hall–Kier alpha value is -0.170. The van der Waals surface area contributed by atoms with Gasteiger partial charge in [0.05, 0.1) is 28.4 Å². The number of anilines is 1. The highest BCUT2D eigenvalue weighted by Crippen LogP contribution is 2.19. The second-order valence-corrected chi connectivity index (χ2v) is 2.70. The van der Waals surface area contributed by atoms with Crippen molar-refractivity contribution in [3.05, 3.63) is 11.2 Å². The molecule has 0 aromatic carbocycles. The molecule has 0 unspecified atom stereocenters. The summed E-state index contributed by atoms with van der Waals surface area (Å²) >= 11 is 3.51. The summed E-state index contributed by atoms with van der Waals surface area (Å²) in [6.45, 7) is 0. The van der Waals surface area contributed by atoms with E-state index >= 15 is 0 Å². The van der Waals surface area contributed by atoms with Crippen molar-refractivity contribution >= 4 is 45.4 Å². The Bertz CT molecular complexity index is 209. The van der Waals surface area contributed by atoms with Crippen LogP contribution in [0.15, 0.2) is 5.51 Å². The molecule has 0 amide bonds. The highest BCUT2D eigenvalue weighted by molar-refractivity contribution is 14.1. The molecule has 0 saturated carbocycles. The van der Waals surface area contributed by atoms with Crippen molar-refractivity contribution in [1.29, 1.82) is 5.41 Å². The van der Waals surface area contributed by atoms with E-state index in [0.717, 1.165) is 5.00 Å². The quantitative estimate of drug-likeness (QED) is 0.480. The lowest BCUT2D eigenvalue weighted by atomic mass is 10.5. The first kappa shape index (κ1) is 6.94. The van der Waals surface area contributed by atoms with Crippen LogP contribution in [0.2, 0.25) is 0 Å². The smallest absolute Gasteiger partial charge is 0.126 e. The van der Waals surface area contributed by atoms with Crippen molar-refractivity contribution in [2.24, 2.45) is 0 Å². The van der Waals surface area contributed by atoms with E-state index in [2.05, 4.69) is 8.51 Å². The molecule has 1 heterocycles. The number of halogens is 1. The molecule has 0 atom stereocenters. The predicted octanol–water partition coefficient (Wildman–Crippen LogP) is 1.90. The molecular formula is C4H4IN3S. The Morgan fingerprint density at radius 2 is 2.67 bits per heavy atom. The molecule has 0 fully saturated rings. The minimum Gasteiger partial charge on any atom is -0.318 e. The van der Waals surface area contributed by atoms with Gasteiger partial charge >= 0.3 is 0 Å². The topological polar surface area (TPSA) is 48.8 Å². The highest BCUT2D eigenvalue weighted by Gasteiger charge is 1.98. The molecule has 2 N–H and O–H groups in total. The maximum absolute atomic E-state index is 6.88. The average Bonchev–Trinajstić information content (AvgIpc) is 2.33. The molecule has 0 saturated heterocycles. The first-order valence-corrected chi connectivity index (χ1v) is 4.15. The Morgan fingerprint density at radius 3 is 3.11 bits per heavy atom. The van der Waals surface area contributed by atoms with E-state index in [1.807, 2.05) is 22.9 Å². The van der Waals surface area contributed by atoms with E-state index in [9.17, 15) is 0 Å². The maximum atomic E-state index is 6.88. The number of hydrogen-bond acceptors (Lipinski definition) is 4. The van der Waals surface area contributed by atoms with Gasteiger partial charge in [-0.3, -0.25) is 0 Å². The second kappa shape index (κ2) is 3.11. The van der Waals surface area contributed by atoms with Gasteiger partial charge < -0.3 is 8.94 Å². The van der Waals surface area contributed by atoms with Crippen LogP contribution >= 0.6 is 34.2 Å². The molecule has 0 aliphatic heterocycles. The lowest BCUT2D eigenvalue weighted by molar-refractivity contribution is 1.38. The fourth-order valence-electron chi connectivity index (χ4n) is 0.428. The van der Waals surface area contributed by atoms with Crippen LogP contribution in [0.4, 0.5) is 5.00 Å². The predicted molar refractivity (Wildman–Crippen MR) is 47.6 cm³/mol. The normalized spacial score (nSPS) is 9.00. The molecule has 5 heteroatoms. The highest BCUT2D eigenvalue weighted by atomic mass is 127. The van der Waals surface area contributed by atoms with Crippen LogP contribution in [-0.2, 0) is 0 Å². The summed E-state index contributed by atoms with van der Waals surface area (Å²) in [6.07, 6.45) is 1.23. The van der Waals surface area contributed by atoms with Gasteiger partial charge in [0.1, 0.15) is 10.7 Å². The van der Waals surface area contributed by atoms with E-state index in [1.54, 1.807) is 5.51 Å². The molecule has 0 aliphatic rings. The lowest BCUT2D eigenvalue weighted by Crippen LogP contribution is -1.82. The van der Waals surface area contributed by atoms with Crippen molar-refractivity contribution in [3.63, 3.8) is 0 Å². The average molecular weight is 253 g/mol. The Morgan fingerprint density at radius 1 is 1.89 bits per heavy atom. The molecule has 0 spiro atoms. The molecular weight excluding hydrogens is 249 g/mol. The number of nitrogens with one attached hydrogen (secondary N) is 2. The maximum Gasteiger partial charge on any atom is 0.126 e. The second-order valence-electron chi connectivity index (χ2n) is 1.31. The fourth-order valence-corrected chi connectivity index (χ4v) is 1.63. The van der Waals surface area contributed by atoms with Crippen LogP contribution < -0.4 is 3.53 Å². The van der Waals surface area contributed by atoms with Crippen molar-refractivity contribution in [1.82, 2.24) is 4.98 Å². The molecule has 1 aromatic heterocycles. The summed E-state index contributed by atoms with van der Waals surface area (Å²) in [6, 6.07) is 0. The van der Waals surface area contributed by atoms with E-state index in [-0.39, 0.29) is 0 Å². The van der Waals surface area contributed by atoms with Crippen LogP contribution in [0.1, 0.15) is 5.69 Å². The molecule has 0 aliphatic carbocycles. The van der Waals surface area contributed by atoms with Crippen molar-refractivity contribution < 1.29 is 0 Å². The van der Waals surface area contributed by atoms with Crippen LogP contribution in [-0.4, -0.2) is 11.2 Å². The van der Waals surface area contributed by atoms with Crippen LogP contribution in [0.25, 0.3) is 0 Å². The van der Waals surface area contributed by atoms with Crippen molar-refractivity contribution in [2.75, 3.05) is 3.53 Å². The Kier molecular flexibility index (Phi) is 2.40. The van der Waals surface area contributed by atoms with Crippen LogP contribution in [0.5, 0.6) is 0 Å². The van der Waals surface area contributed by atoms with E-state index in [4.69, 9.17) is 5.41 Å². The summed E-state index contributed by atoms with van der Waals surface area (Å²) < 4.78 is 2.90. The summed E-state index contributed by atoms with van der Waals surface area (Å²) in [5.41, 5.74) is 2.41. The molecule has 3 nitrogen and oxygen atoms in total. The van der Waals surface area contributed by atoms with Gasteiger partial charge in [-0.05, 0) is 0 Å². The molecule has 0 bridgehead atoms. The molecule has 48 valence electrons. The van der Waals surface area contributed by atoms with E-state index < -0.39 is 0 Å². The zero-order valence-corrected chi connectivity index (χ0v) is 7.36. The summed E-state index contributed by atoms with van der Waals surface area (Å²) in [5.74, 6) is 0. The fraction of sp³-hybridized carbons (Fsp3) is 0. The van der Waals surface area contributed by atoms with Crippen LogP contribution in [0.3, 0.4) is 0 Å². The standard InChI is InChI=1S/C4H4IN3S/c5-8-4-3(1-6)7-2-9-4/h1-2,6,8H. The number of hydrogen-bond donors (Lipinski definition) is 2. The monoisotopic (exact) mass is 253 g/mol. The van der Waals surface area contributed by atoms with Gasteiger partial charge in [-0.2, -0.15) is 0 Å². The minimum atomic E-state index is 0.703. The summed E-state index contributed by atoms with van der Waals surface area (Å²) in [4.78, 5) is 3.91. The van der Waals surface area contributed by atoms with Gasteiger partial charge in [-0.15, -0.1) is 11.3 Å². The molecule has 1 aromatic rings. The van der Waals surface area contributed by atoms with Gasteiger partial charge in [-0.25, -0.2) is 4.98 Å². The summed E-state index contributed by atoms with van der Waals surface area (Å²) in [5, 5.41) is 7.82. The van der Waals surface area contributed by atoms with Gasteiger partial charge in [0.2, 0.25) is 0 Å². The first-order valence-electron chi connectivity index (χ1n) is 2.19. The number of nitrogens with zero attached hydrogens (tertiary/aromatic N) is 1. The molecule has 9 heavy (non-hydrogen) atoms. The largest absolute Gasteiger partial charge is 0.318 e. The SMILES string of the molecule is N=Cc1ncsc1NI. The van der Waals surface area contributed by atoms with Gasteiger partial charge in [0, 0.05) is 6.21 Å². The van der Waals surface area contributed by atoms with Gasteiger partial charge in [0.15, 0.2) is 0 Å². The third-order valence-electron chi connectivity index (χ3n) is 0.818. The lowest BCUT2D eigenvalue weighted by Gasteiger charge is -1.88. The van der Waals surface area contributed by atoms with Crippen LogP contribution in [0, 0.1) is 5.41 Å². The van der Waals surface area contributed by atoms with Gasteiger partial charge in [-0.1, -0.05) is 0 Å². The third-order valence-corrected chi connectivity index (χ3v) is 2.48. The third kappa shape index (κ3) is 1.39. The zero-order valence-electron chi connectivity index (χ0n) is 4.39. The molecule has 1 rings (SSSR count). The molecule has 0 radical (unpaired) electrons. The van der Waals surface area contributed by atoms with Gasteiger partial charge in [0.25, 0.3) is 0 Å². The zero-order chi connectivity index (χ0) is 6.69.